The van der Waals surface area contributed by atoms with Crippen molar-refractivity contribution in [1.29, 1.82) is 5.26 Å². The van der Waals surface area contributed by atoms with Crippen LogP contribution in [0.4, 0.5) is 18.9 Å². The zero-order valence-electron chi connectivity index (χ0n) is 9.14. The van der Waals surface area contributed by atoms with E-state index in [0.29, 0.717) is 6.07 Å². The van der Waals surface area contributed by atoms with Gasteiger partial charge in [0.1, 0.15) is 5.92 Å². The Morgan fingerprint density at radius 2 is 2.11 bits per heavy atom. The van der Waals surface area contributed by atoms with E-state index in [2.05, 4.69) is 12.2 Å². The molecule has 0 amide bonds. The number of hydrogen-bond acceptors (Lipinski definition) is 4. The van der Waals surface area contributed by atoms with Gasteiger partial charge in [-0.3, -0.25) is 10.1 Å². The monoisotopic (exact) mass is 289 g/mol. The third-order valence-corrected chi connectivity index (χ3v) is 2.51. The van der Waals surface area contributed by atoms with Gasteiger partial charge in [0.15, 0.2) is 0 Å². The second kappa shape index (κ2) is 5.19. The number of nitrogens with zero attached hydrogens (tertiary/aromatic N) is 2. The molecule has 0 saturated carbocycles. The number of nitriles is 1. The Labute approximate surface area is 110 Å². The number of nitro benzene ring substituents is 1. The maximum Gasteiger partial charge on any atom is 0.416 e. The highest BCUT2D eigenvalue weighted by Gasteiger charge is 2.37. The summed E-state index contributed by atoms with van der Waals surface area (Å²) in [5.41, 5.74) is 2.69. The van der Waals surface area contributed by atoms with Crippen molar-refractivity contribution in [3.05, 3.63) is 39.4 Å². The standard InChI is InChI=1S/C10H6F3N3O2S/c11-10(12,13)8-3-5(16(17)18)1-2-6(8)7(4-14)9(15)19/h1-3,7H,(H2,15,19). The van der Waals surface area contributed by atoms with Gasteiger partial charge in [-0.25, -0.2) is 0 Å². The van der Waals surface area contributed by atoms with Gasteiger partial charge in [-0.1, -0.05) is 12.2 Å². The highest BCUT2D eigenvalue weighted by Crippen LogP contribution is 2.37. The van der Waals surface area contributed by atoms with Crippen molar-refractivity contribution < 1.29 is 18.1 Å². The quantitative estimate of drug-likeness (QED) is 0.524. The van der Waals surface area contributed by atoms with Crippen molar-refractivity contribution in [3.8, 4) is 6.07 Å². The largest absolute Gasteiger partial charge is 0.416 e. The first-order chi connectivity index (χ1) is 8.68. The van der Waals surface area contributed by atoms with Gasteiger partial charge in [0.2, 0.25) is 0 Å². The van der Waals surface area contributed by atoms with E-state index in [1.54, 1.807) is 6.07 Å². The number of rotatable bonds is 3. The predicted molar refractivity (Wildman–Crippen MR) is 63.2 cm³/mol. The van der Waals surface area contributed by atoms with Crippen molar-refractivity contribution in [2.45, 2.75) is 12.1 Å². The average molecular weight is 289 g/mol. The van der Waals surface area contributed by atoms with Crippen molar-refractivity contribution in [2.75, 3.05) is 0 Å². The van der Waals surface area contributed by atoms with Gasteiger partial charge in [0.25, 0.3) is 5.69 Å². The summed E-state index contributed by atoms with van der Waals surface area (Å²) in [6.07, 6.45) is -4.85. The molecule has 0 spiro atoms. The second-order valence-corrected chi connectivity index (χ2v) is 3.96. The SMILES string of the molecule is N#CC(C(N)=S)c1ccc([N+](=O)[O-])cc1C(F)(F)F. The third kappa shape index (κ3) is 3.17. The third-order valence-electron chi connectivity index (χ3n) is 2.28. The van der Waals surface area contributed by atoms with Gasteiger partial charge in [-0.05, 0) is 11.6 Å². The van der Waals surface area contributed by atoms with Crippen LogP contribution in [-0.2, 0) is 6.18 Å². The summed E-state index contributed by atoms with van der Waals surface area (Å²) < 4.78 is 38.5. The van der Waals surface area contributed by atoms with E-state index in [4.69, 9.17) is 11.0 Å². The first-order valence-corrected chi connectivity index (χ1v) is 5.13. The van der Waals surface area contributed by atoms with Crippen LogP contribution >= 0.6 is 12.2 Å². The van der Waals surface area contributed by atoms with E-state index in [0.717, 1.165) is 12.1 Å². The Morgan fingerprint density at radius 3 is 2.47 bits per heavy atom. The molecule has 0 bridgehead atoms. The summed E-state index contributed by atoms with van der Waals surface area (Å²) in [6.45, 7) is 0. The van der Waals surface area contributed by atoms with Crippen LogP contribution in [0.5, 0.6) is 0 Å². The number of non-ortho nitro benzene ring substituents is 1. The van der Waals surface area contributed by atoms with Crippen LogP contribution in [0.25, 0.3) is 0 Å². The van der Waals surface area contributed by atoms with Crippen LogP contribution in [0.2, 0.25) is 0 Å². The van der Waals surface area contributed by atoms with Crippen LogP contribution < -0.4 is 5.73 Å². The molecule has 0 aromatic heterocycles. The van der Waals surface area contributed by atoms with E-state index in [1.807, 2.05) is 0 Å². The number of hydrogen-bond donors (Lipinski definition) is 1. The fourth-order valence-electron chi connectivity index (χ4n) is 1.44. The molecule has 0 heterocycles. The fraction of sp³-hybridized carbons (Fsp3) is 0.200. The van der Waals surface area contributed by atoms with Gasteiger partial charge in [0.05, 0.1) is 21.5 Å². The molecule has 1 aromatic carbocycles. The Kier molecular flexibility index (Phi) is 4.06. The topological polar surface area (TPSA) is 93.0 Å². The van der Waals surface area contributed by atoms with Crippen molar-refractivity contribution in [1.82, 2.24) is 0 Å². The van der Waals surface area contributed by atoms with Crippen LogP contribution in [0, 0.1) is 21.4 Å². The predicted octanol–water partition coefficient (Wildman–Crippen LogP) is 2.51. The first-order valence-electron chi connectivity index (χ1n) is 4.73. The molecular weight excluding hydrogens is 283 g/mol. The minimum atomic E-state index is -4.85. The Bertz CT molecular complexity index is 580. The molecule has 0 saturated heterocycles. The average Bonchev–Trinajstić information content (AvgIpc) is 2.28. The molecular formula is C10H6F3N3O2S. The smallest absolute Gasteiger partial charge is 0.392 e. The number of halogens is 3. The fourth-order valence-corrected chi connectivity index (χ4v) is 1.62. The Morgan fingerprint density at radius 1 is 1.53 bits per heavy atom. The van der Waals surface area contributed by atoms with E-state index < -0.39 is 38.8 Å². The van der Waals surface area contributed by atoms with Crippen molar-refractivity contribution >= 4 is 22.9 Å². The minimum Gasteiger partial charge on any atom is -0.392 e. The van der Waals surface area contributed by atoms with Gasteiger partial charge in [0, 0.05) is 12.1 Å². The molecule has 0 aliphatic carbocycles. The maximum absolute atomic E-state index is 12.8. The van der Waals surface area contributed by atoms with E-state index in [1.165, 1.54) is 0 Å². The highest BCUT2D eigenvalue weighted by atomic mass is 32.1. The summed E-state index contributed by atoms with van der Waals surface area (Å²) in [5, 5.41) is 19.3. The van der Waals surface area contributed by atoms with E-state index >= 15 is 0 Å². The highest BCUT2D eigenvalue weighted by molar-refractivity contribution is 7.80. The van der Waals surface area contributed by atoms with E-state index in [-0.39, 0.29) is 0 Å². The first kappa shape index (κ1) is 14.8. The zero-order chi connectivity index (χ0) is 14.8. The zero-order valence-corrected chi connectivity index (χ0v) is 9.96. The van der Waals surface area contributed by atoms with Crippen molar-refractivity contribution in [2.24, 2.45) is 5.73 Å². The van der Waals surface area contributed by atoms with Gasteiger partial charge in [-0.15, -0.1) is 0 Å². The molecule has 19 heavy (non-hydrogen) atoms. The summed E-state index contributed by atoms with van der Waals surface area (Å²) in [4.78, 5) is 9.10. The second-order valence-electron chi connectivity index (χ2n) is 3.49. The summed E-state index contributed by atoms with van der Waals surface area (Å²) >= 11 is 4.52. The molecule has 0 radical (unpaired) electrons. The molecule has 9 heteroatoms. The number of benzene rings is 1. The lowest BCUT2D eigenvalue weighted by molar-refractivity contribution is -0.385. The van der Waals surface area contributed by atoms with Crippen LogP contribution in [0.1, 0.15) is 17.0 Å². The molecule has 1 atom stereocenters. The van der Waals surface area contributed by atoms with Crippen LogP contribution in [-0.4, -0.2) is 9.91 Å². The lowest BCUT2D eigenvalue weighted by Crippen LogP contribution is -2.21. The molecule has 0 aliphatic heterocycles. The summed E-state index contributed by atoms with van der Waals surface area (Å²) in [7, 11) is 0. The molecule has 0 aliphatic rings. The molecule has 0 fully saturated rings. The number of thiocarbonyl (C=S) groups is 1. The Hall–Kier alpha value is -2.21. The number of nitro groups is 1. The molecule has 1 rings (SSSR count). The normalized spacial score (nSPS) is 12.5. The maximum atomic E-state index is 12.8. The molecule has 100 valence electrons. The molecule has 5 nitrogen and oxygen atoms in total. The van der Waals surface area contributed by atoms with E-state index in [9.17, 15) is 23.3 Å². The van der Waals surface area contributed by atoms with Crippen LogP contribution in [0.3, 0.4) is 0 Å². The van der Waals surface area contributed by atoms with Gasteiger partial charge < -0.3 is 5.73 Å². The molecule has 2 N–H and O–H groups in total. The van der Waals surface area contributed by atoms with Gasteiger partial charge in [-0.2, -0.15) is 18.4 Å². The number of nitrogens with two attached hydrogens (primary N) is 1. The van der Waals surface area contributed by atoms with Gasteiger partial charge >= 0.3 is 6.18 Å². The van der Waals surface area contributed by atoms with Crippen molar-refractivity contribution in [3.63, 3.8) is 0 Å². The minimum absolute atomic E-state index is 0.359. The molecule has 1 unspecified atom stereocenters. The summed E-state index contributed by atoms with van der Waals surface area (Å²) in [5.74, 6) is -1.45. The molecule has 1 aromatic rings. The Balaban J connectivity index is 3.53. The lowest BCUT2D eigenvalue weighted by Gasteiger charge is -2.15. The van der Waals surface area contributed by atoms with Crippen LogP contribution in [0.15, 0.2) is 18.2 Å². The lowest BCUT2D eigenvalue weighted by atomic mass is 9.94. The number of alkyl halides is 3. The summed E-state index contributed by atoms with van der Waals surface area (Å²) in [6, 6.07) is 3.61.